The molecule has 5 nitrogen and oxygen atoms in total. The van der Waals surface area contributed by atoms with E-state index in [9.17, 15) is 4.79 Å². The number of anilines is 1. The first kappa shape index (κ1) is 20.4. The third-order valence-electron chi connectivity index (χ3n) is 5.14. The van der Waals surface area contributed by atoms with Gasteiger partial charge in [0.15, 0.2) is 0 Å². The molecule has 0 N–H and O–H groups in total. The Hall–Kier alpha value is -1.92. The summed E-state index contributed by atoms with van der Waals surface area (Å²) in [4.78, 5) is 16.6. The van der Waals surface area contributed by atoms with Gasteiger partial charge in [0.1, 0.15) is 11.3 Å². The van der Waals surface area contributed by atoms with Crippen LogP contribution in [0.3, 0.4) is 0 Å². The summed E-state index contributed by atoms with van der Waals surface area (Å²) in [6.45, 7) is 4.05. The largest absolute Gasteiger partial charge is 0.495 e. The minimum atomic E-state index is -0.383. The van der Waals surface area contributed by atoms with Gasteiger partial charge in [0.25, 0.3) is 0 Å². The second-order valence-electron chi connectivity index (χ2n) is 6.94. The number of rotatable bonds is 4. The SMILES string of the molecule is COc1cc2oc(=O)cc(CN3CCN(c4ccc(Cl)c(Cl)c4)CC3)c2cc1Cl. The minimum absolute atomic E-state index is 0.383. The highest BCUT2D eigenvalue weighted by atomic mass is 35.5. The average molecular weight is 454 g/mol. The van der Waals surface area contributed by atoms with E-state index in [1.807, 2.05) is 18.2 Å². The van der Waals surface area contributed by atoms with Crippen molar-refractivity contribution in [2.24, 2.45) is 0 Å². The smallest absolute Gasteiger partial charge is 0.336 e. The molecule has 0 bridgehead atoms. The van der Waals surface area contributed by atoms with Crippen molar-refractivity contribution in [2.45, 2.75) is 6.54 Å². The van der Waals surface area contributed by atoms with E-state index in [-0.39, 0.29) is 5.63 Å². The average Bonchev–Trinajstić information content (AvgIpc) is 2.71. The third-order valence-corrected chi connectivity index (χ3v) is 6.17. The van der Waals surface area contributed by atoms with Crippen molar-refractivity contribution in [2.75, 3.05) is 38.2 Å². The zero-order valence-corrected chi connectivity index (χ0v) is 18.0. The molecule has 0 aliphatic carbocycles. The van der Waals surface area contributed by atoms with Crippen molar-refractivity contribution >= 4 is 51.5 Å². The van der Waals surface area contributed by atoms with Gasteiger partial charge in [0, 0.05) is 55.9 Å². The van der Waals surface area contributed by atoms with Crippen LogP contribution in [0.1, 0.15) is 5.56 Å². The Balaban J connectivity index is 1.52. The van der Waals surface area contributed by atoms with Crippen LogP contribution in [0.15, 0.2) is 45.6 Å². The van der Waals surface area contributed by atoms with Crippen LogP contribution in [0.5, 0.6) is 5.75 Å². The van der Waals surface area contributed by atoms with Crippen LogP contribution in [-0.2, 0) is 6.54 Å². The Morgan fingerprint density at radius 1 is 0.966 bits per heavy atom. The second-order valence-corrected chi connectivity index (χ2v) is 8.16. The first-order valence-electron chi connectivity index (χ1n) is 9.17. The highest BCUT2D eigenvalue weighted by Gasteiger charge is 2.20. The Morgan fingerprint density at radius 3 is 2.41 bits per heavy atom. The predicted molar refractivity (Wildman–Crippen MR) is 118 cm³/mol. The van der Waals surface area contributed by atoms with Gasteiger partial charge in [-0.05, 0) is 29.8 Å². The van der Waals surface area contributed by atoms with Gasteiger partial charge in [0.05, 0.1) is 22.2 Å². The summed E-state index contributed by atoms with van der Waals surface area (Å²) in [7, 11) is 1.53. The van der Waals surface area contributed by atoms with Gasteiger partial charge >= 0.3 is 5.63 Å². The van der Waals surface area contributed by atoms with E-state index >= 15 is 0 Å². The van der Waals surface area contributed by atoms with E-state index in [0.717, 1.165) is 42.8 Å². The first-order valence-corrected chi connectivity index (χ1v) is 10.3. The van der Waals surface area contributed by atoms with Crippen molar-refractivity contribution in [3.05, 3.63) is 67.4 Å². The molecule has 0 spiro atoms. The molecule has 29 heavy (non-hydrogen) atoms. The zero-order chi connectivity index (χ0) is 20.5. The molecule has 152 valence electrons. The van der Waals surface area contributed by atoms with Crippen molar-refractivity contribution < 1.29 is 9.15 Å². The quantitative estimate of drug-likeness (QED) is 0.515. The lowest BCUT2D eigenvalue weighted by Crippen LogP contribution is -2.46. The van der Waals surface area contributed by atoms with Crippen LogP contribution in [0.4, 0.5) is 5.69 Å². The fourth-order valence-corrected chi connectivity index (χ4v) is 4.14. The molecular weight excluding hydrogens is 435 g/mol. The number of ether oxygens (including phenoxy) is 1. The molecule has 1 aliphatic rings. The number of methoxy groups -OCH3 is 1. The van der Waals surface area contributed by atoms with E-state index in [1.165, 1.54) is 13.2 Å². The number of nitrogens with zero attached hydrogens (tertiary/aromatic N) is 2. The minimum Gasteiger partial charge on any atom is -0.495 e. The van der Waals surface area contributed by atoms with Crippen LogP contribution < -0.4 is 15.3 Å². The summed E-state index contributed by atoms with van der Waals surface area (Å²) in [6, 6.07) is 10.7. The highest BCUT2D eigenvalue weighted by Crippen LogP contribution is 2.32. The summed E-state index contributed by atoms with van der Waals surface area (Å²) < 4.78 is 10.6. The topological polar surface area (TPSA) is 45.9 Å². The van der Waals surface area contributed by atoms with Crippen LogP contribution in [0, 0.1) is 0 Å². The van der Waals surface area contributed by atoms with Crippen molar-refractivity contribution in [1.82, 2.24) is 4.90 Å². The van der Waals surface area contributed by atoms with Gasteiger partial charge in [0.2, 0.25) is 0 Å². The van der Waals surface area contributed by atoms with E-state index in [0.29, 0.717) is 32.9 Å². The molecule has 2 heterocycles. The fourth-order valence-electron chi connectivity index (χ4n) is 3.60. The van der Waals surface area contributed by atoms with E-state index in [4.69, 9.17) is 44.0 Å². The molecule has 1 fully saturated rings. The van der Waals surface area contributed by atoms with Crippen molar-refractivity contribution in [3.63, 3.8) is 0 Å². The number of fused-ring (bicyclic) bond motifs is 1. The molecule has 3 aromatic rings. The van der Waals surface area contributed by atoms with Gasteiger partial charge < -0.3 is 14.1 Å². The van der Waals surface area contributed by atoms with E-state index < -0.39 is 0 Å². The maximum atomic E-state index is 12.0. The fraction of sp³-hybridized carbons (Fsp3) is 0.286. The van der Waals surface area contributed by atoms with Gasteiger partial charge in [-0.3, -0.25) is 4.90 Å². The molecule has 1 saturated heterocycles. The van der Waals surface area contributed by atoms with Gasteiger partial charge in [-0.1, -0.05) is 34.8 Å². The van der Waals surface area contributed by atoms with Crippen LogP contribution in [0.2, 0.25) is 15.1 Å². The third kappa shape index (κ3) is 4.33. The van der Waals surface area contributed by atoms with E-state index in [2.05, 4.69) is 9.80 Å². The summed E-state index contributed by atoms with van der Waals surface area (Å²) in [5.41, 5.74) is 2.04. The molecule has 0 radical (unpaired) electrons. The maximum absolute atomic E-state index is 12.0. The summed E-state index contributed by atoms with van der Waals surface area (Å²) in [5, 5.41) is 2.42. The van der Waals surface area contributed by atoms with Gasteiger partial charge in [-0.15, -0.1) is 0 Å². The molecule has 0 saturated carbocycles. The monoisotopic (exact) mass is 452 g/mol. The Bertz CT molecular complexity index is 1110. The Kier molecular flexibility index (Phi) is 5.93. The molecule has 0 atom stereocenters. The summed E-state index contributed by atoms with van der Waals surface area (Å²) in [6.07, 6.45) is 0. The lowest BCUT2D eigenvalue weighted by molar-refractivity contribution is 0.250. The number of piperazine rings is 1. The molecule has 1 aromatic heterocycles. The molecule has 8 heteroatoms. The zero-order valence-electron chi connectivity index (χ0n) is 15.8. The second kappa shape index (κ2) is 8.44. The first-order chi connectivity index (χ1) is 13.9. The van der Waals surface area contributed by atoms with Gasteiger partial charge in [-0.2, -0.15) is 0 Å². The molecule has 2 aromatic carbocycles. The van der Waals surface area contributed by atoms with Crippen LogP contribution in [-0.4, -0.2) is 38.2 Å². The normalized spacial score (nSPS) is 15.1. The van der Waals surface area contributed by atoms with Crippen molar-refractivity contribution in [1.29, 1.82) is 0 Å². The summed E-state index contributed by atoms with van der Waals surface area (Å²) >= 11 is 18.4. The molecule has 4 rings (SSSR count). The standard InChI is InChI=1S/C21H19Cl3N2O3/c1-28-20-11-19-15(10-18(20)24)13(8-21(27)29-19)12-25-4-6-26(7-5-25)14-2-3-16(22)17(23)9-14/h2-3,8-11H,4-7,12H2,1H3. The van der Waals surface area contributed by atoms with Crippen molar-refractivity contribution in [3.8, 4) is 5.75 Å². The Morgan fingerprint density at radius 2 is 1.72 bits per heavy atom. The van der Waals surface area contributed by atoms with Crippen LogP contribution >= 0.6 is 34.8 Å². The maximum Gasteiger partial charge on any atom is 0.336 e. The lowest BCUT2D eigenvalue weighted by Gasteiger charge is -2.36. The molecule has 0 amide bonds. The summed E-state index contributed by atoms with van der Waals surface area (Å²) in [5.74, 6) is 0.481. The molecular formula is C21H19Cl3N2O3. The number of benzene rings is 2. The number of hydrogen-bond donors (Lipinski definition) is 0. The van der Waals surface area contributed by atoms with Crippen LogP contribution in [0.25, 0.3) is 11.0 Å². The van der Waals surface area contributed by atoms with Gasteiger partial charge in [-0.25, -0.2) is 4.79 Å². The Labute approximate surface area is 183 Å². The highest BCUT2D eigenvalue weighted by molar-refractivity contribution is 6.42. The molecule has 0 unspecified atom stereocenters. The number of hydrogen-bond acceptors (Lipinski definition) is 5. The van der Waals surface area contributed by atoms with E-state index in [1.54, 1.807) is 12.1 Å². The number of halogens is 3. The molecule has 1 aliphatic heterocycles. The predicted octanol–water partition coefficient (Wildman–Crippen LogP) is 5.08. The lowest BCUT2D eigenvalue weighted by atomic mass is 10.1.